The van der Waals surface area contributed by atoms with E-state index in [9.17, 15) is 8.42 Å². The summed E-state index contributed by atoms with van der Waals surface area (Å²) >= 11 is 0. The van der Waals surface area contributed by atoms with Gasteiger partial charge in [0, 0.05) is 19.2 Å². The topological polar surface area (TPSA) is 90.7 Å². The lowest BCUT2D eigenvalue weighted by molar-refractivity contribution is 0.204. The predicted molar refractivity (Wildman–Crippen MR) is 76.0 cm³/mol. The number of benzene rings is 1. The molecule has 20 heavy (non-hydrogen) atoms. The molecule has 0 aliphatic heterocycles. The number of nitrogens with one attached hydrogen (secondary N) is 1. The van der Waals surface area contributed by atoms with Gasteiger partial charge >= 0.3 is 0 Å². The summed E-state index contributed by atoms with van der Waals surface area (Å²) in [4.78, 5) is 0.0416. The van der Waals surface area contributed by atoms with Crippen LogP contribution in [0.4, 0.5) is 0 Å². The van der Waals surface area contributed by atoms with Crippen molar-refractivity contribution in [2.24, 2.45) is 5.73 Å². The van der Waals surface area contributed by atoms with Gasteiger partial charge < -0.3 is 15.2 Å². The molecule has 3 N–H and O–H groups in total. The molecule has 0 aliphatic rings. The first-order chi connectivity index (χ1) is 9.55. The molecular weight excluding hydrogens is 280 g/mol. The van der Waals surface area contributed by atoms with E-state index in [1.807, 2.05) is 0 Å². The van der Waals surface area contributed by atoms with Gasteiger partial charge in [0.05, 0.1) is 20.3 Å². The van der Waals surface area contributed by atoms with E-state index in [4.69, 9.17) is 15.2 Å². The van der Waals surface area contributed by atoms with E-state index in [2.05, 4.69) is 16.6 Å². The van der Waals surface area contributed by atoms with Crippen LogP contribution in [0, 0.1) is 11.8 Å². The first-order valence-electron chi connectivity index (χ1n) is 5.90. The number of ether oxygens (including phenoxy) is 2. The van der Waals surface area contributed by atoms with E-state index in [1.165, 1.54) is 20.3 Å². The molecule has 0 aromatic heterocycles. The Kier molecular flexibility index (Phi) is 6.48. The molecule has 1 aromatic carbocycles. The quantitative estimate of drug-likeness (QED) is 0.567. The van der Waals surface area contributed by atoms with Crippen molar-refractivity contribution in [1.29, 1.82) is 0 Å². The summed E-state index contributed by atoms with van der Waals surface area (Å²) in [6.07, 6.45) is 0. The third-order valence-electron chi connectivity index (χ3n) is 2.39. The second-order valence-corrected chi connectivity index (χ2v) is 5.50. The highest BCUT2D eigenvalue weighted by atomic mass is 32.2. The fourth-order valence-corrected chi connectivity index (χ4v) is 2.68. The predicted octanol–water partition coefficient (Wildman–Crippen LogP) is -0.0699. The maximum absolute atomic E-state index is 12.2. The van der Waals surface area contributed by atoms with Gasteiger partial charge in [0.15, 0.2) is 0 Å². The molecule has 0 amide bonds. The summed E-state index contributed by atoms with van der Waals surface area (Å²) in [6.45, 7) is 0.676. The third-order valence-corrected chi connectivity index (χ3v) is 3.87. The molecule has 0 unspecified atom stereocenters. The molecule has 0 radical (unpaired) electrons. The second kappa shape index (κ2) is 7.87. The monoisotopic (exact) mass is 298 g/mol. The van der Waals surface area contributed by atoms with Crippen molar-refractivity contribution in [3.8, 4) is 17.6 Å². The summed E-state index contributed by atoms with van der Waals surface area (Å²) < 4.78 is 36.7. The summed E-state index contributed by atoms with van der Waals surface area (Å²) in [5, 5.41) is 0. The lowest BCUT2D eigenvalue weighted by Gasteiger charge is -2.11. The Morgan fingerprint density at radius 1 is 1.35 bits per heavy atom. The molecule has 0 aliphatic carbocycles. The van der Waals surface area contributed by atoms with Gasteiger partial charge in [-0.3, -0.25) is 0 Å². The zero-order chi connectivity index (χ0) is 15.0. The second-order valence-electron chi connectivity index (χ2n) is 3.76. The van der Waals surface area contributed by atoms with E-state index in [0.717, 1.165) is 0 Å². The summed E-state index contributed by atoms with van der Waals surface area (Å²) in [7, 11) is -0.767. The van der Waals surface area contributed by atoms with E-state index < -0.39 is 10.0 Å². The van der Waals surface area contributed by atoms with Gasteiger partial charge in [0.1, 0.15) is 10.6 Å². The number of hydrogen-bond acceptors (Lipinski definition) is 5. The summed E-state index contributed by atoms with van der Waals surface area (Å²) in [5.41, 5.74) is 5.85. The van der Waals surface area contributed by atoms with Crippen LogP contribution >= 0.6 is 0 Å². The van der Waals surface area contributed by atoms with Gasteiger partial charge in [-0.25, -0.2) is 13.1 Å². The Labute approximate surface area is 119 Å². The number of methoxy groups -OCH3 is 2. The summed E-state index contributed by atoms with van der Waals surface area (Å²) in [5.74, 6) is 5.72. The van der Waals surface area contributed by atoms with Gasteiger partial charge in [0.25, 0.3) is 0 Å². The standard InChI is InChI=1S/C13H18N2O4S/c1-18-9-8-15-20(16,17)13-10-11(4-3-7-14)5-6-12(13)19-2/h5-6,10,15H,7-9,14H2,1-2H3. The first-order valence-corrected chi connectivity index (χ1v) is 7.39. The van der Waals surface area contributed by atoms with Crippen molar-refractivity contribution in [3.05, 3.63) is 23.8 Å². The highest BCUT2D eigenvalue weighted by Gasteiger charge is 2.19. The van der Waals surface area contributed by atoms with Crippen LogP contribution in [0.3, 0.4) is 0 Å². The molecule has 0 atom stereocenters. The van der Waals surface area contributed by atoms with Gasteiger partial charge in [-0.15, -0.1) is 0 Å². The van der Waals surface area contributed by atoms with Crippen LogP contribution in [0.2, 0.25) is 0 Å². The molecule has 110 valence electrons. The van der Waals surface area contributed by atoms with Crippen molar-refractivity contribution in [1.82, 2.24) is 4.72 Å². The molecule has 0 heterocycles. The van der Waals surface area contributed by atoms with Crippen LogP contribution in [0.1, 0.15) is 5.56 Å². The highest BCUT2D eigenvalue weighted by Crippen LogP contribution is 2.24. The van der Waals surface area contributed by atoms with Crippen molar-refractivity contribution < 1.29 is 17.9 Å². The fraction of sp³-hybridized carbons (Fsp3) is 0.385. The first kappa shape index (κ1) is 16.5. The third kappa shape index (κ3) is 4.51. The summed E-state index contributed by atoms with van der Waals surface area (Å²) in [6, 6.07) is 4.69. The molecule has 6 nitrogen and oxygen atoms in total. The molecule has 0 spiro atoms. The molecule has 1 aromatic rings. The number of rotatable bonds is 6. The Balaban J connectivity index is 3.12. The van der Waals surface area contributed by atoms with Gasteiger partial charge in [-0.05, 0) is 18.2 Å². The highest BCUT2D eigenvalue weighted by molar-refractivity contribution is 7.89. The Morgan fingerprint density at radius 3 is 2.70 bits per heavy atom. The minimum atomic E-state index is -3.68. The van der Waals surface area contributed by atoms with Crippen LogP contribution in [0.5, 0.6) is 5.75 Å². The Bertz CT molecular complexity index is 603. The maximum atomic E-state index is 12.2. The largest absolute Gasteiger partial charge is 0.495 e. The number of nitrogens with two attached hydrogens (primary N) is 1. The molecular formula is C13H18N2O4S. The van der Waals surface area contributed by atoms with E-state index in [0.29, 0.717) is 5.56 Å². The SMILES string of the molecule is COCCNS(=O)(=O)c1cc(C#CCN)ccc1OC. The van der Waals surface area contributed by atoms with Gasteiger partial charge in [0.2, 0.25) is 10.0 Å². The minimum Gasteiger partial charge on any atom is -0.495 e. The van der Waals surface area contributed by atoms with E-state index in [-0.39, 0.29) is 30.3 Å². The van der Waals surface area contributed by atoms with Gasteiger partial charge in [-0.2, -0.15) is 0 Å². The van der Waals surface area contributed by atoms with Crippen LogP contribution in [-0.2, 0) is 14.8 Å². The van der Waals surface area contributed by atoms with Crippen LogP contribution in [0.15, 0.2) is 23.1 Å². The zero-order valence-electron chi connectivity index (χ0n) is 11.5. The molecule has 0 saturated carbocycles. The van der Waals surface area contributed by atoms with E-state index >= 15 is 0 Å². The zero-order valence-corrected chi connectivity index (χ0v) is 12.3. The van der Waals surface area contributed by atoms with Crippen LogP contribution < -0.4 is 15.2 Å². The normalized spacial score (nSPS) is 10.8. The average molecular weight is 298 g/mol. The molecule has 0 bridgehead atoms. The molecule has 0 fully saturated rings. The number of sulfonamides is 1. The van der Waals surface area contributed by atoms with Crippen LogP contribution in [-0.4, -0.2) is 42.3 Å². The maximum Gasteiger partial charge on any atom is 0.244 e. The van der Waals surface area contributed by atoms with Crippen LogP contribution in [0.25, 0.3) is 0 Å². The minimum absolute atomic E-state index is 0.0416. The fourth-order valence-electron chi connectivity index (χ4n) is 1.47. The van der Waals surface area contributed by atoms with Crippen molar-refractivity contribution in [2.75, 3.05) is 33.9 Å². The molecule has 7 heteroatoms. The van der Waals surface area contributed by atoms with Crippen molar-refractivity contribution in [3.63, 3.8) is 0 Å². The smallest absolute Gasteiger partial charge is 0.244 e. The van der Waals surface area contributed by atoms with Gasteiger partial charge in [-0.1, -0.05) is 11.8 Å². The van der Waals surface area contributed by atoms with E-state index in [1.54, 1.807) is 12.1 Å². The number of hydrogen-bond donors (Lipinski definition) is 2. The molecule has 1 rings (SSSR count). The van der Waals surface area contributed by atoms with Crippen molar-refractivity contribution in [2.45, 2.75) is 4.90 Å². The Hall–Kier alpha value is -1.59. The average Bonchev–Trinajstić information content (AvgIpc) is 2.45. The Morgan fingerprint density at radius 2 is 2.10 bits per heavy atom. The lowest BCUT2D eigenvalue weighted by Crippen LogP contribution is -2.27. The van der Waals surface area contributed by atoms with Crippen molar-refractivity contribution >= 4 is 10.0 Å². The molecule has 0 saturated heterocycles. The lowest BCUT2D eigenvalue weighted by atomic mass is 10.2.